The molecule has 2 aliphatic rings. The molecule has 4 atom stereocenters. The lowest BCUT2D eigenvalue weighted by molar-refractivity contribution is -0.146. The van der Waals surface area contributed by atoms with Crippen molar-refractivity contribution in [1.82, 2.24) is 30.6 Å². The van der Waals surface area contributed by atoms with Gasteiger partial charge in [-0.15, -0.1) is 0 Å². The molecule has 24 heteroatoms. The molecule has 8 rings (SSSR count). The van der Waals surface area contributed by atoms with Crippen LogP contribution in [0.25, 0.3) is 11.1 Å². The highest BCUT2D eigenvalue weighted by molar-refractivity contribution is 7.91. The molecule has 6 N–H and O–H groups in total. The van der Waals surface area contributed by atoms with Gasteiger partial charge in [0.1, 0.15) is 46.5 Å². The number of nitrogens with zero attached hydrogens (tertiary/aromatic N) is 4. The molecular weight excluding hydrogens is 1070 g/mol. The molecule has 6 aromatic rings. The Bertz CT molecular complexity index is 3220. The van der Waals surface area contributed by atoms with Crippen LogP contribution in [0.5, 0.6) is 23.5 Å². The van der Waals surface area contributed by atoms with Crippen molar-refractivity contribution in [1.29, 1.82) is 0 Å². The normalized spacial score (nSPS) is 16.7. The largest absolute Gasteiger partial charge is 0.480 e. The molecule has 2 aliphatic carbocycles. The molecule has 0 radical (unpaired) electrons. The van der Waals surface area contributed by atoms with Gasteiger partial charge in [-0.05, 0) is 97.2 Å². The number of nitrogens with one attached hydrogen (secondary N) is 2. The number of carbonyl (C=O) groups is 2. The van der Waals surface area contributed by atoms with Gasteiger partial charge in [0.25, 0.3) is 0 Å². The van der Waals surface area contributed by atoms with Crippen molar-refractivity contribution in [2.24, 2.45) is 0 Å². The van der Waals surface area contributed by atoms with Gasteiger partial charge >= 0.3 is 11.9 Å². The summed E-state index contributed by atoms with van der Waals surface area (Å²) in [5, 5.41) is 45.2. The van der Waals surface area contributed by atoms with Gasteiger partial charge in [0, 0.05) is 72.6 Å². The molecule has 0 bridgehead atoms. The zero-order valence-electron chi connectivity index (χ0n) is 41.5. The number of sulfone groups is 2. The summed E-state index contributed by atoms with van der Waals surface area (Å²) in [6.45, 7) is 0.625. The Hall–Kier alpha value is -6.50. The van der Waals surface area contributed by atoms with E-state index in [0.717, 1.165) is 45.9 Å². The zero-order valence-corrected chi connectivity index (χ0v) is 44.7. The number of hydrogen-bond donors (Lipinski definition) is 6. The van der Waals surface area contributed by atoms with Crippen molar-refractivity contribution < 1.29 is 65.8 Å². The number of hydrogen-bond acceptors (Lipinski definition) is 18. The first-order valence-corrected chi connectivity index (χ1v) is 28.2. The van der Waals surface area contributed by atoms with Crippen LogP contribution in [0, 0.1) is 0 Å². The van der Waals surface area contributed by atoms with Gasteiger partial charge in [-0.1, -0.05) is 59.6 Å². The Morgan fingerprint density at radius 1 is 0.632 bits per heavy atom. The van der Waals surface area contributed by atoms with Crippen molar-refractivity contribution in [3.8, 4) is 34.6 Å². The molecule has 0 saturated carbocycles. The fraction of sp³-hybridized carbons (Fsp3) is 0.346. The third-order valence-electron chi connectivity index (χ3n) is 13.3. The van der Waals surface area contributed by atoms with Crippen molar-refractivity contribution in [3.05, 3.63) is 140 Å². The topological polar surface area (TPSA) is 296 Å². The van der Waals surface area contributed by atoms with E-state index in [-0.39, 0.29) is 69.7 Å². The molecule has 0 saturated heterocycles. The maximum absolute atomic E-state index is 12.2. The minimum absolute atomic E-state index is 0.00509. The van der Waals surface area contributed by atoms with Gasteiger partial charge in [0.15, 0.2) is 19.7 Å². The Morgan fingerprint density at radius 3 is 1.38 bits per heavy atom. The monoisotopic (exact) mass is 1120 g/mol. The van der Waals surface area contributed by atoms with E-state index in [0.29, 0.717) is 47.9 Å². The van der Waals surface area contributed by atoms with Gasteiger partial charge < -0.3 is 39.4 Å². The van der Waals surface area contributed by atoms with Crippen LogP contribution in [-0.4, -0.2) is 106 Å². The summed E-state index contributed by atoms with van der Waals surface area (Å²) >= 11 is 13.7. The number of aliphatic hydroxyl groups excluding tert-OH is 2. The third-order valence-corrected chi connectivity index (χ3v) is 16.0. The smallest absolute Gasteiger partial charge is 0.326 e. The second-order valence-electron chi connectivity index (χ2n) is 19.0. The summed E-state index contributed by atoms with van der Waals surface area (Å²) in [7, 11) is -7.15. The fourth-order valence-electron chi connectivity index (χ4n) is 8.68. The van der Waals surface area contributed by atoms with Crippen molar-refractivity contribution in [2.75, 3.05) is 25.7 Å². The van der Waals surface area contributed by atoms with Crippen molar-refractivity contribution >= 4 is 54.8 Å². The van der Waals surface area contributed by atoms with Crippen LogP contribution in [0.2, 0.25) is 10.0 Å². The predicted molar refractivity (Wildman–Crippen MR) is 277 cm³/mol. The predicted octanol–water partition coefficient (Wildman–Crippen LogP) is 6.19. The average Bonchev–Trinajstić information content (AvgIpc) is 4.01. The van der Waals surface area contributed by atoms with Gasteiger partial charge in [-0.25, -0.2) is 16.8 Å². The van der Waals surface area contributed by atoms with Gasteiger partial charge in [-0.3, -0.25) is 30.2 Å². The first-order valence-electron chi connectivity index (χ1n) is 23.7. The van der Waals surface area contributed by atoms with Crippen LogP contribution in [0.3, 0.4) is 0 Å². The molecule has 2 aromatic carbocycles. The maximum atomic E-state index is 12.2. The summed E-state index contributed by atoms with van der Waals surface area (Å²) < 4.78 is 74.4. The second-order valence-corrected chi connectivity index (χ2v) is 23.8. The minimum atomic E-state index is -3.57. The molecule has 4 aromatic heterocycles. The molecule has 20 nitrogen and oxygen atoms in total. The van der Waals surface area contributed by atoms with E-state index < -0.39 is 68.1 Å². The number of fused-ring (bicyclic) bond motifs is 2. The number of aliphatic carboxylic acids is 2. The molecule has 0 spiro atoms. The Kier molecular flexibility index (Phi) is 16.6. The number of carboxylic acid groups (broad SMARTS) is 2. The summed E-state index contributed by atoms with van der Waals surface area (Å²) in [6.07, 6.45) is 8.92. The summed E-state index contributed by atoms with van der Waals surface area (Å²) in [6, 6.07) is 17.9. The lowest BCUT2D eigenvalue weighted by Crippen LogP contribution is -2.52. The van der Waals surface area contributed by atoms with E-state index in [4.69, 9.17) is 42.1 Å². The van der Waals surface area contributed by atoms with Gasteiger partial charge in [0.05, 0.1) is 23.0 Å². The van der Waals surface area contributed by atoms with E-state index in [1.807, 2.05) is 24.3 Å². The number of aromatic nitrogens is 4. The minimum Gasteiger partial charge on any atom is -0.480 e. The number of ether oxygens (including phenoxy) is 4. The van der Waals surface area contributed by atoms with Crippen LogP contribution in [-0.2, 0) is 68.4 Å². The number of rotatable bonds is 23. The first kappa shape index (κ1) is 55.7. The lowest BCUT2D eigenvalue weighted by Gasteiger charge is -2.24. The van der Waals surface area contributed by atoms with E-state index in [1.54, 1.807) is 0 Å². The van der Waals surface area contributed by atoms with E-state index in [2.05, 4.69) is 42.7 Å². The Morgan fingerprint density at radius 2 is 1.03 bits per heavy atom. The molecule has 76 heavy (non-hydrogen) atoms. The Balaban J connectivity index is 1.05. The molecule has 0 fully saturated rings. The van der Waals surface area contributed by atoms with Crippen LogP contribution >= 0.6 is 23.2 Å². The quantitative estimate of drug-likeness (QED) is 0.0417. The average molecular weight is 1120 g/mol. The van der Waals surface area contributed by atoms with Gasteiger partial charge in [-0.2, -0.15) is 9.97 Å². The highest BCUT2D eigenvalue weighted by atomic mass is 35.5. The molecule has 0 aliphatic heterocycles. The Labute approximate surface area is 448 Å². The lowest BCUT2D eigenvalue weighted by atomic mass is 9.91. The summed E-state index contributed by atoms with van der Waals surface area (Å²) in [4.78, 5) is 41.4. The van der Waals surface area contributed by atoms with E-state index >= 15 is 0 Å². The fourth-order valence-corrected chi connectivity index (χ4v) is 10.4. The maximum Gasteiger partial charge on any atom is 0.326 e. The molecule has 0 amide bonds. The van der Waals surface area contributed by atoms with Crippen molar-refractivity contribution in [3.63, 3.8) is 0 Å². The third kappa shape index (κ3) is 12.3. The zero-order chi connectivity index (χ0) is 54.7. The summed E-state index contributed by atoms with van der Waals surface area (Å²) in [5.41, 5.74) is 4.03. The van der Waals surface area contributed by atoms with Crippen LogP contribution in [0.15, 0.2) is 95.2 Å². The highest BCUT2D eigenvalue weighted by Crippen LogP contribution is 2.46. The number of halogens is 2. The second kappa shape index (κ2) is 22.6. The molecule has 4 heterocycles. The standard InChI is InChI=1S/C52H54Cl2N6O14S2/c1-51(27-61,49(63)64)57-21-31-17-41(53)47(59-45(31)71-25-29-15-33(23-55-19-29)75(3,67)68)73-43-13-11-37-35(7-5-9-39(37)43)36-8-6-10-40-38(36)12-14-44(40)74-48-42(54)18-32(22-58-52(2,28-62)50(65)66)46(60-48)72-26-30-16-34(24-56-20-30)76(4,69)70/h5-10,15-20,23-24,43-44,57-58,61-62H,11-14,21-22,25-28H2,1-4H3,(H,63,64)(H,65,66)/t43-,44-,51-,52-/m0/s1. The van der Waals surface area contributed by atoms with Crippen LogP contribution in [0.1, 0.15) is 83.4 Å². The van der Waals surface area contributed by atoms with E-state index in [1.165, 1.54) is 62.9 Å². The van der Waals surface area contributed by atoms with Crippen molar-refractivity contribution in [2.45, 2.75) is 98.9 Å². The van der Waals surface area contributed by atoms with Crippen LogP contribution in [0.4, 0.5) is 0 Å². The molecular formula is C52H54Cl2N6O14S2. The number of pyridine rings is 4. The highest BCUT2D eigenvalue weighted by Gasteiger charge is 2.36. The number of aliphatic hydroxyl groups is 2. The SMILES string of the molecule is C[C@@](CO)(NCc1cc(Cl)c(O[C@H]2CCc3c(-c4cccc5c4CC[C@@H]5Oc4nc(OCc5cncc(S(C)(=O)=O)c5)c(CN[C@@](C)(CO)C(=O)O)cc4Cl)cccc32)nc1OCc1cncc(S(C)(=O)=O)c1)C(=O)O. The molecule has 0 unspecified atom stereocenters. The number of carboxylic acids is 2. The molecule has 402 valence electrons. The van der Waals surface area contributed by atoms with E-state index in [9.17, 15) is 46.9 Å². The summed E-state index contributed by atoms with van der Waals surface area (Å²) in [5.74, 6) is -2.44. The first-order chi connectivity index (χ1) is 36.0. The van der Waals surface area contributed by atoms with Gasteiger partial charge in [0.2, 0.25) is 23.5 Å². The van der Waals surface area contributed by atoms with Crippen LogP contribution < -0.4 is 29.6 Å². The number of benzene rings is 2.